The summed E-state index contributed by atoms with van der Waals surface area (Å²) in [6.07, 6.45) is 0.265. The second-order valence-corrected chi connectivity index (χ2v) is 5.25. The molecular weight excluding hydrogens is 260 g/mol. The van der Waals surface area contributed by atoms with E-state index in [1.165, 1.54) is 0 Å². The summed E-state index contributed by atoms with van der Waals surface area (Å²) in [5.74, 6) is 0.350. The molecule has 3 aromatic rings. The molecule has 19 heavy (non-hydrogen) atoms. The number of carbonyl (C=O) groups is 1. The predicted molar refractivity (Wildman–Crippen MR) is 75.3 cm³/mol. The minimum atomic E-state index is -0.121. The van der Waals surface area contributed by atoms with Gasteiger partial charge in [-0.25, -0.2) is 9.97 Å². The van der Waals surface area contributed by atoms with Crippen molar-refractivity contribution in [2.24, 2.45) is 0 Å². The van der Waals surface area contributed by atoms with Crippen molar-refractivity contribution in [3.63, 3.8) is 0 Å². The lowest BCUT2D eigenvalue weighted by atomic mass is 10.3. The van der Waals surface area contributed by atoms with E-state index in [2.05, 4.69) is 20.3 Å². The van der Waals surface area contributed by atoms with E-state index >= 15 is 0 Å². The Bertz CT molecular complexity index is 698. The van der Waals surface area contributed by atoms with Crippen molar-refractivity contribution in [1.29, 1.82) is 0 Å². The summed E-state index contributed by atoms with van der Waals surface area (Å²) in [5, 5.41) is 5.61. The highest BCUT2D eigenvalue weighted by molar-refractivity contribution is 7.09. The van der Waals surface area contributed by atoms with E-state index in [0.717, 1.165) is 21.7 Å². The number of benzene rings is 1. The number of nitrogens with one attached hydrogen (secondary N) is 2. The van der Waals surface area contributed by atoms with Crippen LogP contribution in [-0.2, 0) is 11.2 Å². The first-order valence-corrected chi connectivity index (χ1v) is 6.74. The Labute approximate surface area is 113 Å². The lowest BCUT2D eigenvalue weighted by Crippen LogP contribution is -2.15. The Hall–Kier alpha value is -2.21. The average molecular weight is 272 g/mol. The van der Waals surface area contributed by atoms with E-state index in [1.54, 1.807) is 11.3 Å². The molecule has 2 aromatic heterocycles. The minimum Gasteiger partial charge on any atom is -0.324 e. The number of nitrogens with zero attached hydrogens (tertiary/aromatic N) is 2. The third kappa shape index (κ3) is 2.63. The van der Waals surface area contributed by atoms with Crippen molar-refractivity contribution in [3.8, 4) is 0 Å². The van der Waals surface area contributed by atoms with Crippen molar-refractivity contribution >= 4 is 34.2 Å². The number of hydrogen-bond acceptors (Lipinski definition) is 4. The fourth-order valence-electron chi connectivity index (χ4n) is 1.84. The van der Waals surface area contributed by atoms with Gasteiger partial charge in [-0.05, 0) is 19.1 Å². The van der Waals surface area contributed by atoms with E-state index < -0.39 is 0 Å². The predicted octanol–water partition coefficient (Wildman–Crippen LogP) is 2.51. The van der Waals surface area contributed by atoms with Crippen molar-refractivity contribution in [2.45, 2.75) is 13.3 Å². The number of rotatable bonds is 3. The number of fused-ring (bicyclic) bond motifs is 1. The standard InChI is InChI=1S/C13H12N4OS/c1-8-14-9(7-19-8)6-12(18)17-13-15-10-4-2-3-5-11(10)16-13/h2-5,7H,6H2,1H3,(H2,15,16,17,18). The van der Waals surface area contributed by atoms with Gasteiger partial charge in [0.05, 0.1) is 28.2 Å². The molecule has 0 bridgehead atoms. The first-order chi connectivity index (χ1) is 9.20. The van der Waals surface area contributed by atoms with E-state index in [-0.39, 0.29) is 12.3 Å². The van der Waals surface area contributed by atoms with E-state index in [1.807, 2.05) is 36.6 Å². The molecule has 0 unspecified atom stereocenters. The lowest BCUT2D eigenvalue weighted by Gasteiger charge is -1.98. The molecule has 0 aliphatic carbocycles. The monoisotopic (exact) mass is 272 g/mol. The van der Waals surface area contributed by atoms with Gasteiger partial charge < -0.3 is 4.98 Å². The maximum Gasteiger partial charge on any atom is 0.232 e. The fraction of sp³-hybridized carbons (Fsp3) is 0.154. The van der Waals surface area contributed by atoms with Crippen LogP contribution in [0.15, 0.2) is 29.6 Å². The van der Waals surface area contributed by atoms with Crippen LogP contribution in [0.4, 0.5) is 5.95 Å². The molecule has 5 nitrogen and oxygen atoms in total. The van der Waals surface area contributed by atoms with Crippen LogP contribution in [0.1, 0.15) is 10.7 Å². The van der Waals surface area contributed by atoms with Gasteiger partial charge in [-0.3, -0.25) is 10.1 Å². The van der Waals surface area contributed by atoms with Crippen molar-refractivity contribution in [3.05, 3.63) is 40.3 Å². The fourth-order valence-corrected chi connectivity index (χ4v) is 2.45. The van der Waals surface area contributed by atoms with Gasteiger partial charge in [0.15, 0.2) is 0 Å². The van der Waals surface area contributed by atoms with Gasteiger partial charge >= 0.3 is 0 Å². The topological polar surface area (TPSA) is 70.7 Å². The third-order valence-corrected chi connectivity index (χ3v) is 3.48. The summed E-state index contributed by atoms with van der Waals surface area (Å²) >= 11 is 1.54. The summed E-state index contributed by atoms with van der Waals surface area (Å²) in [5.41, 5.74) is 2.53. The molecule has 0 atom stereocenters. The molecule has 2 N–H and O–H groups in total. The number of aromatic nitrogens is 3. The van der Waals surface area contributed by atoms with Crippen LogP contribution in [0, 0.1) is 6.92 Å². The quantitative estimate of drug-likeness (QED) is 0.769. The normalized spacial score (nSPS) is 10.8. The molecule has 0 radical (unpaired) electrons. The summed E-state index contributed by atoms with van der Waals surface area (Å²) in [6.45, 7) is 1.92. The Kier molecular flexibility index (Phi) is 3.00. The van der Waals surface area contributed by atoms with Gasteiger partial charge in [-0.2, -0.15) is 0 Å². The van der Waals surface area contributed by atoms with E-state index in [0.29, 0.717) is 5.95 Å². The smallest absolute Gasteiger partial charge is 0.232 e. The molecule has 0 spiro atoms. The number of imidazole rings is 1. The number of aromatic amines is 1. The Morgan fingerprint density at radius 1 is 1.37 bits per heavy atom. The first-order valence-electron chi connectivity index (χ1n) is 5.86. The number of hydrogen-bond donors (Lipinski definition) is 2. The maximum absolute atomic E-state index is 11.9. The zero-order valence-electron chi connectivity index (χ0n) is 10.3. The molecule has 2 heterocycles. The second kappa shape index (κ2) is 4.81. The summed E-state index contributed by atoms with van der Waals surface area (Å²) in [7, 11) is 0. The van der Waals surface area contributed by atoms with Crippen LogP contribution in [0.5, 0.6) is 0 Å². The van der Waals surface area contributed by atoms with Crippen LogP contribution in [0.2, 0.25) is 0 Å². The second-order valence-electron chi connectivity index (χ2n) is 4.19. The Morgan fingerprint density at radius 2 is 2.21 bits per heavy atom. The van der Waals surface area contributed by atoms with Crippen molar-refractivity contribution in [2.75, 3.05) is 5.32 Å². The molecule has 1 aromatic carbocycles. The lowest BCUT2D eigenvalue weighted by molar-refractivity contribution is -0.115. The number of aryl methyl sites for hydroxylation is 1. The number of thiazole rings is 1. The highest BCUT2D eigenvalue weighted by Gasteiger charge is 2.09. The number of para-hydroxylation sites is 2. The Morgan fingerprint density at radius 3 is 2.95 bits per heavy atom. The van der Waals surface area contributed by atoms with E-state index in [9.17, 15) is 4.79 Å². The van der Waals surface area contributed by atoms with Crippen molar-refractivity contribution in [1.82, 2.24) is 15.0 Å². The molecule has 0 saturated heterocycles. The van der Waals surface area contributed by atoms with Gasteiger partial charge in [0.1, 0.15) is 0 Å². The zero-order chi connectivity index (χ0) is 13.2. The summed E-state index contributed by atoms with van der Waals surface area (Å²) < 4.78 is 0. The van der Waals surface area contributed by atoms with Gasteiger partial charge in [-0.15, -0.1) is 11.3 Å². The summed E-state index contributed by atoms with van der Waals surface area (Å²) in [4.78, 5) is 23.5. The van der Waals surface area contributed by atoms with Crippen LogP contribution in [-0.4, -0.2) is 20.9 Å². The maximum atomic E-state index is 11.9. The van der Waals surface area contributed by atoms with Crippen molar-refractivity contribution < 1.29 is 4.79 Å². The molecular formula is C13H12N4OS. The summed E-state index contributed by atoms with van der Waals surface area (Å²) in [6, 6.07) is 7.64. The SMILES string of the molecule is Cc1nc(CC(=O)Nc2nc3ccccc3[nH]2)cs1. The number of amides is 1. The van der Waals surface area contributed by atoms with Crippen LogP contribution >= 0.6 is 11.3 Å². The largest absolute Gasteiger partial charge is 0.324 e. The minimum absolute atomic E-state index is 0.121. The number of anilines is 1. The van der Waals surface area contributed by atoms with Gasteiger partial charge in [0, 0.05) is 5.38 Å². The molecule has 0 aliphatic heterocycles. The molecule has 3 rings (SSSR count). The Balaban J connectivity index is 1.72. The molecule has 0 aliphatic rings. The van der Waals surface area contributed by atoms with Crippen LogP contribution < -0.4 is 5.32 Å². The molecule has 96 valence electrons. The highest BCUT2D eigenvalue weighted by Crippen LogP contribution is 2.14. The molecule has 0 saturated carbocycles. The van der Waals surface area contributed by atoms with Gasteiger partial charge in [-0.1, -0.05) is 12.1 Å². The number of carbonyl (C=O) groups excluding carboxylic acids is 1. The first kappa shape index (κ1) is 11.9. The molecule has 1 amide bonds. The van der Waals surface area contributed by atoms with Crippen LogP contribution in [0.25, 0.3) is 11.0 Å². The highest BCUT2D eigenvalue weighted by atomic mass is 32.1. The molecule has 6 heteroatoms. The molecule has 0 fully saturated rings. The van der Waals surface area contributed by atoms with Gasteiger partial charge in [0.2, 0.25) is 11.9 Å². The van der Waals surface area contributed by atoms with E-state index in [4.69, 9.17) is 0 Å². The van der Waals surface area contributed by atoms with Gasteiger partial charge in [0.25, 0.3) is 0 Å². The number of H-pyrrole nitrogens is 1. The third-order valence-electron chi connectivity index (χ3n) is 2.66. The average Bonchev–Trinajstić information content (AvgIpc) is 2.94. The zero-order valence-corrected chi connectivity index (χ0v) is 11.1. The van der Waals surface area contributed by atoms with Crippen LogP contribution in [0.3, 0.4) is 0 Å².